The minimum atomic E-state index is 0.236. The maximum absolute atomic E-state index is 9.65. The first-order valence-electron chi connectivity index (χ1n) is 9.23. The Kier molecular flexibility index (Phi) is 5.29. The highest BCUT2D eigenvalue weighted by molar-refractivity contribution is 5.90. The maximum Gasteiger partial charge on any atom is 0.153 e. The number of fused-ring (bicyclic) bond motifs is 1. The molecule has 1 saturated heterocycles. The van der Waals surface area contributed by atoms with Crippen LogP contribution in [0.2, 0.25) is 0 Å². The molecule has 0 amide bonds. The summed E-state index contributed by atoms with van der Waals surface area (Å²) >= 11 is 0. The van der Waals surface area contributed by atoms with Crippen LogP contribution in [0.1, 0.15) is 46.0 Å². The average Bonchev–Trinajstić information content (AvgIpc) is 2.87. The van der Waals surface area contributed by atoms with Gasteiger partial charge in [0.1, 0.15) is 5.75 Å². The number of hydrogen-bond donors (Lipinski definition) is 2. The number of anilines is 1. The van der Waals surface area contributed by atoms with Gasteiger partial charge >= 0.3 is 0 Å². The van der Waals surface area contributed by atoms with Crippen molar-refractivity contribution in [2.75, 3.05) is 18.8 Å². The first-order valence-corrected chi connectivity index (χ1v) is 9.23. The maximum atomic E-state index is 9.65. The predicted octanol–water partition coefficient (Wildman–Crippen LogP) is 3.61. The third-order valence-electron chi connectivity index (χ3n) is 5.09. The van der Waals surface area contributed by atoms with E-state index in [0.29, 0.717) is 17.8 Å². The molecule has 1 unspecified atom stereocenters. The molecule has 5 nitrogen and oxygen atoms in total. The van der Waals surface area contributed by atoms with Crippen LogP contribution in [0.3, 0.4) is 0 Å². The minimum absolute atomic E-state index is 0.236. The summed E-state index contributed by atoms with van der Waals surface area (Å²) in [6.45, 7) is 7.94. The lowest BCUT2D eigenvalue weighted by atomic mass is 9.97. The zero-order valence-corrected chi connectivity index (χ0v) is 14.9. The molecule has 1 aliphatic rings. The van der Waals surface area contributed by atoms with E-state index in [0.717, 1.165) is 23.9 Å². The molecular formula is C19H30N4O. The molecule has 132 valence electrons. The summed E-state index contributed by atoms with van der Waals surface area (Å²) in [6.07, 6.45) is 6.34. The van der Waals surface area contributed by atoms with Crippen molar-refractivity contribution in [3.63, 3.8) is 0 Å². The van der Waals surface area contributed by atoms with Crippen LogP contribution in [0.4, 0.5) is 5.82 Å². The van der Waals surface area contributed by atoms with E-state index >= 15 is 0 Å². The number of piperidine rings is 1. The van der Waals surface area contributed by atoms with Gasteiger partial charge in [-0.05, 0) is 62.9 Å². The summed E-state index contributed by atoms with van der Waals surface area (Å²) in [5.41, 5.74) is 7.03. The van der Waals surface area contributed by atoms with Crippen LogP contribution < -0.4 is 5.73 Å². The summed E-state index contributed by atoms with van der Waals surface area (Å²) in [6, 6.07) is 5.93. The van der Waals surface area contributed by atoms with Gasteiger partial charge in [-0.25, -0.2) is 0 Å². The molecule has 3 N–H and O–H groups in total. The highest BCUT2D eigenvalue weighted by Gasteiger charge is 2.22. The summed E-state index contributed by atoms with van der Waals surface area (Å²) in [5.74, 6) is 1.44. The van der Waals surface area contributed by atoms with Crippen molar-refractivity contribution in [2.24, 2.45) is 5.92 Å². The lowest BCUT2D eigenvalue weighted by Gasteiger charge is -2.35. The van der Waals surface area contributed by atoms with Crippen molar-refractivity contribution in [3.05, 3.63) is 18.2 Å². The smallest absolute Gasteiger partial charge is 0.153 e. The largest absolute Gasteiger partial charge is 0.508 e. The standard InChI is InChI=1S/C19H30N4O/c1-14(2)12-15(22-9-4-3-5-10-22)8-11-23-18-7-6-16(24)13-17(18)19(20)21-23/h6-7,13-15,24H,3-5,8-12H2,1-2H3,(H2,20,21). The molecule has 0 saturated carbocycles. The number of phenols is 1. The lowest BCUT2D eigenvalue weighted by Crippen LogP contribution is -2.40. The van der Waals surface area contributed by atoms with E-state index in [1.54, 1.807) is 12.1 Å². The molecule has 2 heterocycles. The number of nitrogens with two attached hydrogens (primary N) is 1. The molecular weight excluding hydrogens is 300 g/mol. The second kappa shape index (κ2) is 7.43. The molecule has 0 aliphatic carbocycles. The van der Waals surface area contributed by atoms with Gasteiger partial charge in [-0.3, -0.25) is 4.68 Å². The number of likely N-dealkylation sites (tertiary alicyclic amines) is 1. The molecule has 1 aromatic heterocycles. The first kappa shape index (κ1) is 17.1. The normalized spacial score (nSPS) is 17.6. The molecule has 1 aromatic carbocycles. The van der Waals surface area contributed by atoms with Gasteiger partial charge in [0.05, 0.1) is 5.52 Å². The van der Waals surface area contributed by atoms with Crippen LogP contribution in [0.5, 0.6) is 5.75 Å². The second-order valence-electron chi connectivity index (χ2n) is 7.48. The molecule has 0 spiro atoms. The van der Waals surface area contributed by atoms with E-state index < -0.39 is 0 Å². The highest BCUT2D eigenvalue weighted by atomic mass is 16.3. The molecule has 5 heteroatoms. The van der Waals surface area contributed by atoms with Gasteiger partial charge in [0, 0.05) is 18.0 Å². The average molecular weight is 330 g/mol. The van der Waals surface area contributed by atoms with Gasteiger partial charge in [0.2, 0.25) is 0 Å². The van der Waals surface area contributed by atoms with Gasteiger partial charge in [-0.2, -0.15) is 5.10 Å². The van der Waals surface area contributed by atoms with Crippen molar-refractivity contribution < 1.29 is 5.11 Å². The Bertz CT molecular complexity index is 673. The Morgan fingerprint density at radius 2 is 1.96 bits per heavy atom. The molecule has 2 aromatic rings. The summed E-state index contributed by atoms with van der Waals surface area (Å²) in [5, 5.41) is 15.0. The van der Waals surface area contributed by atoms with E-state index in [1.807, 2.05) is 10.7 Å². The molecule has 0 radical (unpaired) electrons. The van der Waals surface area contributed by atoms with E-state index in [1.165, 1.54) is 38.8 Å². The van der Waals surface area contributed by atoms with Gasteiger partial charge in [-0.1, -0.05) is 20.3 Å². The fourth-order valence-electron chi connectivity index (χ4n) is 3.91. The van der Waals surface area contributed by atoms with Crippen molar-refractivity contribution in [2.45, 2.75) is 58.5 Å². The Hall–Kier alpha value is -1.75. The van der Waals surface area contributed by atoms with E-state index in [-0.39, 0.29) is 5.75 Å². The number of rotatable bonds is 6. The van der Waals surface area contributed by atoms with Gasteiger partial charge in [0.15, 0.2) is 5.82 Å². The summed E-state index contributed by atoms with van der Waals surface area (Å²) < 4.78 is 2.00. The SMILES string of the molecule is CC(C)CC(CCn1nc(N)c2cc(O)ccc21)N1CCCCC1. The zero-order chi connectivity index (χ0) is 17.1. The Morgan fingerprint density at radius 3 is 2.67 bits per heavy atom. The van der Waals surface area contributed by atoms with E-state index in [4.69, 9.17) is 5.73 Å². The number of nitrogen functional groups attached to an aromatic ring is 1. The lowest BCUT2D eigenvalue weighted by molar-refractivity contribution is 0.133. The Balaban J connectivity index is 1.74. The molecule has 3 rings (SSSR count). The number of aromatic hydroxyl groups is 1. The van der Waals surface area contributed by atoms with Crippen LogP contribution in [-0.2, 0) is 6.54 Å². The summed E-state index contributed by atoms with van der Waals surface area (Å²) in [7, 11) is 0. The number of aromatic nitrogens is 2. The zero-order valence-electron chi connectivity index (χ0n) is 14.9. The van der Waals surface area contributed by atoms with Crippen LogP contribution in [-0.4, -0.2) is 38.9 Å². The van der Waals surface area contributed by atoms with Crippen molar-refractivity contribution in [3.8, 4) is 5.75 Å². The van der Waals surface area contributed by atoms with Crippen molar-refractivity contribution in [1.82, 2.24) is 14.7 Å². The number of benzene rings is 1. The quantitative estimate of drug-likeness (QED) is 0.849. The first-order chi connectivity index (χ1) is 11.5. The number of phenolic OH excluding ortho intramolecular Hbond substituents is 1. The molecule has 24 heavy (non-hydrogen) atoms. The topological polar surface area (TPSA) is 67.3 Å². The van der Waals surface area contributed by atoms with Crippen LogP contribution in [0.25, 0.3) is 10.9 Å². The van der Waals surface area contributed by atoms with Gasteiger partial charge in [0.25, 0.3) is 0 Å². The van der Waals surface area contributed by atoms with Gasteiger partial charge in [-0.15, -0.1) is 0 Å². The fourth-order valence-corrected chi connectivity index (χ4v) is 3.91. The predicted molar refractivity (Wildman–Crippen MR) is 99.1 cm³/mol. The Morgan fingerprint density at radius 1 is 1.21 bits per heavy atom. The fraction of sp³-hybridized carbons (Fsp3) is 0.632. The van der Waals surface area contributed by atoms with Crippen LogP contribution in [0, 0.1) is 5.92 Å². The van der Waals surface area contributed by atoms with E-state index in [9.17, 15) is 5.11 Å². The third kappa shape index (κ3) is 3.83. The molecule has 1 fully saturated rings. The molecule has 1 aliphatic heterocycles. The van der Waals surface area contributed by atoms with Crippen LogP contribution in [0.15, 0.2) is 18.2 Å². The number of hydrogen-bond acceptors (Lipinski definition) is 4. The molecule has 1 atom stereocenters. The number of nitrogens with zero attached hydrogens (tertiary/aromatic N) is 3. The molecule has 0 bridgehead atoms. The van der Waals surface area contributed by atoms with Gasteiger partial charge < -0.3 is 15.7 Å². The van der Waals surface area contributed by atoms with Crippen LogP contribution >= 0.6 is 0 Å². The van der Waals surface area contributed by atoms with Crippen molar-refractivity contribution >= 4 is 16.7 Å². The Labute approximate surface area is 144 Å². The minimum Gasteiger partial charge on any atom is -0.508 e. The number of aryl methyl sites for hydroxylation is 1. The highest BCUT2D eigenvalue weighted by Crippen LogP contribution is 2.26. The second-order valence-corrected chi connectivity index (χ2v) is 7.48. The third-order valence-corrected chi connectivity index (χ3v) is 5.09. The monoisotopic (exact) mass is 330 g/mol. The van der Waals surface area contributed by atoms with E-state index in [2.05, 4.69) is 23.8 Å². The van der Waals surface area contributed by atoms with Crippen molar-refractivity contribution in [1.29, 1.82) is 0 Å². The summed E-state index contributed by atoms with van der Waals surface area (Å²) in [4.78, 5) is 2.67.